The zero-order valence-corrected chi connectivity index (χ0v) is 15.5. The number of aromatic nitrogens is 4. The summed E-state index contributed by atoms with van der Waals surface area (Å²) in [4.78, 5) is 9.18. The fourth-order valence-electron chi connectivity index (χ4n) is 3.03. The van der Waals surface area contributed by atoms with Crippen molar-refractivity contribution in [1.29, 1.82) is 0 Å². The minimum Gasteiger partial charge on any atom is -0.494 e. The predicted molar refractivity (Wildman–Crippen MR) is 103 cm³/mol. The minimum atomic E-state index is -0.488. The van der Waals surface area contributed by atoms with Crippen LogP contribution in [0.25, 0.3) is 22.4 Å². The third-order valence-electron chi connectivity index (χ3n) is 4.37. The summed E-state index contributed by atoms with van der Waals surface area (Å²) < 4.78 is 34.0. The molecular formula is C20H17F2N5O. The number of hydrogen-bond donors (Lipinski definition) is 1. The van der Waals surface area contributed by atoms with Crippen molar-refractivity contribution < 1.29 is 13.5 Å². The molecule has 0 aliphatic rings. The molecule has 2 heterocycles. The maximum Gasteiger partial charge on any atom is 0.167 e. The third-order valence-corrected chi connectivity index (χ3v) is 4.37. The van der Waals surface area contributed by atoms with Crippen molar-refractivity contribution in [2.75, 3.05) is 12.4 Å². The Balaban J connectivity index is 1.86. The van der Waals surface area contributed by atoms with Crippen molar-refractivity contribution in [1.82, 2.24) is 19.7 Å². The van der Waals surface area contributed by atoms with E-state index in [1.807, 2.05) is 6.92 Å². The number of rotatable bonds is 4. The first-order chi connectivity index (χ1) is 13.5. The van der Waals surface area contributed by atoms with Crippen molar-refractivity contribution >= 4 is 22.5 Å². The Labute approximate surface area is 159 Å². The SMILES string of the molecule is COc1ccc(Nc2nc(-c3ccc(F)cc3)nc3c(C)nn(C)c23)cc1F. The Morgan fingerprint density at radius 3 is 2.46 bits per heavy atom. The van der Waals surface area contributed by atoms with Gasteiger partial charge in [0, 0.05) is 24.4 Å². The van der Waals surface area contributed by atoms with Crippen molar-refractivity contribution in [3.8, 4) is 17.1 Å². The van der Waals surface area contributed by atoms with Gasteiger partial charge in [-0.25, -0.2) is 18.7 Å². The molecule has 0 atom stereocenters. The molecule has 4 rings (SSSR count). The topological polar surface area (TPSA) is 64.9 Å². The van der Waals surface area contributed by atoms with Crippen molar-refractivity contribution in [2.24, 2.45) is 7.05 Å². The summed E-state index contributed by atoms with van der Waals surface area (Å²) in [5.41, 5.74) is 3.23. The molecule has 0 radical (unpaired) electrons. The molecule has 1 N–H and O–H groups in total. The first-order valence-corrected chi connectivity index (χ1v) is 8.54. The van der Waals surface area contributed by atoms with Crippen LogP contribution in [0.5, 0.6) is 5.75 Å². The second-order valence-electron chi connectivity index (χ2n) is 6.28. The summed E-state index contributed by atoms with van der Waals surface area (Å²) >= 11 is 0. The van der Waals surface area contributed by atoms with E-state index in [-0.39, 0.29) is 11.6 Å². The molecule has 142 valence electrons. The molecule has 0 saturated heterocycles. The van der Waals surface area contributed by atoms with Gasteiger partial charge in [-0.1, -0.05) is 0 Å². The third kappa shape index (κ3) is 3.13. The number of hydrogen-bond acceptors (Lipinski definition) is 5. The Kier molecular flexibility index (Phi) is 4.38. The van der Waals surface area contributed by atoms with E-state index < -0.39 is 5.82 Å². The Bertz CT molecular complexity index is 1170. The van der Waals surface area contributed by atoms with Gasteiger partial charge in [0.15, 0.2) is 23.2 Å². The van der Waals surface area contributed by atoms with Gasteiger partial charge in [-0.3, -0.25) is 4.68 Å². The number of methoxy groups -OCH3 is 1. The summed E-state index contributed by atoms with van der Waals surface area (Å²) in [5, 5.41) is 7.54. The second kappa shape index (κ2) is 6.88. The normalized spacial score (nSPS) is 11.0. The highest BCUT2D eigenvalue weighted by atomic mass is 19.1. The van der Waals surface area contributed by atoms with Crippen LogP contribution in [0.1, 0.15) is 5.69 Å². The Morgan fingerprint density at radius 2 is 1.79 bits per heavy atom. The van der Waals surface area contributed by atoms with E-state index in [2.05, 4.69) is 20.4 Å². The Morgan fingerprint density at radius 1 is 1.04 bits per heavy atom. The molecule has 0 unspecified atom stereocenters. The molecular weight excluding hydrogens is 364 g/mol. The first kappa shape index (κ1) is 17.8. The quantitative estimate of drug-likeness (QED) is 0.569. The van der Waals surface area contributed by atoms with Crippen LogP contribution in [-0.4, -0.2) is 26.9 Å². The number of fused-ring (bicyclic) bond motifs is 1. The fourth-order valence-corrected chi connectivity index (χ4v) is 3.03. The average Bonchev–Trinajstić information content (AvgIpc) is 2.96. The standard InChI is InChI=1S/C20H17F2N5O/c1-11-17-18(27(2)26-11)20(23-14-8-9-16(28-3)15(22)10-14)25-19(24-17)12-4-6-13(21)7-5-12/h4-10H,1-3H3,(H,23,24,25). The number of aryl methyl sites for hydroxylation is 2. The van der Waals surface area contributed by atoms with Crippen LogP contribution in [0.15, 0.2) is 42.5 Å². The molecule has 0 aliphatic heterocycles. The summed E-state index contributed by atoms with van der Waals surface area (Å²) in [7, 11) is 3.20. The number of nitrogens with zero attached hydrogens (tertiary/aromatic N) is 4. The number of anilines is 2. The number of benzene rings is 2. The summed E-state index contributed by atoms with van der Waals surface area (Å²) in [6.45, 7) is 1.85. The maximum atomic E-state index is 14.1. The highest BCUT2D eigenvalue weighted by Crippen LogP contribution is 2.30. The lowest BCUT2D eigenvalue weighted by Gasteiger charge is -2.11. The lowest BCUT2D eigenvalue weighted by Crippen LogP contribution is -2.02. The van der Waals surface area contributed by atoms with Gasteiger partial charge >= 0.3 is 0 Å². The van der Waals surface area contributed by atoms with Gasteiger partial charge in [-0.2, -0.15) is 5.10 Å². The second-order valence-corrected chi connectivity index (χ2v) is 6.28. The number of nitrogens with one attached hydrogen (secondary N) is 1. The van der Waals surface area contributed by atoms with Crippen molar-refractivity contribution in [3.63, 3.8) is 0 Å². The molecule has 2 aromatic heterocycles. The van der Waals surface area contributed by atoms with Crippen LogP contribution >= 0.6 is 0 Å². The van der Waals surface area contributed by atoms with E-state index in [1.165, 1.54) is 31.4 Å². The molecule has 0 spiro atoms. The van der Waals surface area contributed by atoms with Gasteiger partial charge in [0.05, 0.1) is 12.8 Å². The van der Waals surface area contributed by atoms with Gasteiger partial charge in [0.25, 0.3) is 0 Å². The van der Waals surface area contributed by atoms with Crippen molar-refractivity contribution in [3.05, 3.63) is 59.8 Å². The molecule has 0 fully saturated rings. The van der Waals surface area contributed by atoms with Crippen LogP contribution in [0.4, 0.5) is 20.3 Å². The van der Waals surface area contributed by atoms with Crippen LogP contribution in [-0.2, 0) is 7.05 Å². The predicted octanol–water partition coefficient (Wildman–Crippen LogP) is 4.37. The van der Waals surface area contributed by atoms with Gasteiger partial charge in [-0.05, 0) is 43.3 Å². The van der Waals surface area contributed by atoms with E-state index >= 15 is 0 Å². The van der Waals surface area contributed by atoms with E-state index in [4.69, 9.17) is 4.74 Å². The highest BCUT2D eigenvalue weighted by molar-refractivity contribution is 5.91. The molecule has 4 aromatic rings. The van der Waals surface area contributed by atoms with Gasteiger partial charge in [0.2, 0.25) is 0 Å². The zero-order valence-electron chi connectivity index (χ0n) is 15.5. The fraction of sp³-hybridized carbons (Fsp3) is 0.150. The number of halogens is 2. The smallest absolute Gasteiger partial charge is 0.167 e. The van der Waals surface area contributed by atoms with E-state index in [9.17, 15) is 8.78 Å². The highest BCUT2D eigenvalue weighted by Gasteiger charge is 2.17. The lowest BCUT2D eigenvalue weighted by molar-refractivity contribution is 0.386. The molecule has 0 aliphatic carbocycles. The minimum absolute atomic E-state index is 0.154. The average molecular weight is 381 g/mol. The van der Waals surface area contributed by atoms with Crippen LogP contribution in [0, 0.1) is 18.6 Å². The largest absolute Gasteiger partial charge is 0.494 e. The van der Waals surface area contributed by atoms with Crippen LogP contribution < -0.4 is 10.1 Å². The molecule has 0 bridgehead atoms. The van der Waals surface area contributed by atoms with Gasteiger partial charge < -0.3 is 10.1 Å². The van der Waals surface area contributed by atoms with Crippen LogP contribution in [0.2, 0.25) is 0 Å². The molecule has 0 saturated carbocycles. The first-order valence-electron chi connectivity index (χ1n) is 8.54. The molecule has 8 heteroatoms. The summed E-state index contributed by atoms with van der Waals surface area (Å²) in [5.74, 6) is 0.214. The van der Waals surface area contributed by atoms with Gasteiger partial charge in [-0.15, -0.1) is 0 Å². The molecule has 2 aromatic carbocycles. The monoisotopic (exact) mass is 381 g/mol. The van der Waals surface area contributed by atoms with Crippen molar-refractivity contribution in [2.45, 2.75) is 6.92 Å². The van der Waals surface area contributed by atoms with Gasteiger partial charge in [0.1, 0.15) is 16.9 Å². The molecule has 0 amide bonds. The maximum absolute atomic E-state index is 14.1. The summed E-state index contributed by atoms with van der Waals surface area (Å²) in [6.07, 6.45) is 0. The van der Waals surface area contributed by atoms with E-state index in [0.29, 0.717) is 33.9 Å². The number of ether oxygens (including phenoxy) is 1. The lowest BCUT2D eigenvalue weighted by atomic mass is 10.2. The van der Waals surface area contributed by atoms with Crippen LogP contribution in [0.3, 0.4) is 0 Å². The van der Waals surface area contributed by atoms with E-state index in [1.54, 1.807) is 29.9 Å². The molecule has 28 heavy (non-hydrogen) atoms. The summed E-state index contributed by atoms with van der Waals surface area (Å²) in [6, 6.07) is 10.5. The van der Waals surface area contributed by atoms with E-state index in [0.717, 1.165) is 5.69 Å². The molecule has 6 nitrogen and oxygen atoms in total. The zero-order chi connectivity index (χ0) is 19.8. The Hall–Kier alpha value is -3.55.